The first kappa shape index (κ1) is 19.7. The molecule has 0 spiro atoms. The van der Waals surface area contributed by atoms with Crippen LogP contribution in [0.1, 0.15) is 41.5 Å². The summed E-state index contributed by atoms with van der Waals surface area (Å²) in [6, 6.07) is 13.5. The van der Waals surface area contributed by atoms with Crippen molar-refractivity contribution in [1.82, 2.24) is 5.32 Å². The number of esters is 1. The van der Waals surface area contributed by atoms with Gasteiger partial charge in [-0.1, -0.05) is 12.1 Å². The third kappa shape index (κ3) is 5.74. The molecule has 6 heteroatoms. The Hall–Kier alpha value is -2.60. The fourth-order valence-electron chi connectivity index (χ4n) is 2.19. The molecule has 0 saturated heterocycles. The fraction of sp³-hybridized carbons (Fsp3) is 0.250. The summed E-state index contributed by atoms with van der Waals surface area (Å²) in [4.78, 5) is 36.3. The van der Waals surface area contributed by atoms with Crippen LogP contribution in [0.15, 0.2) is 53.4 Å². The number of thioether (sulfide) groups is 1. The predicted molar refractivity (Wildman–Crippen MR) is 102 cm³/mol. The quantitative estimate of drug-likeness (QED) is 0.347. The molecule has 0 aliphatic rings. The predicted octanol–water partition coefficient (Wildman–Crippen LogP) is 3.73. The fourth-order valence-corrected chi connectivity index (χ4v) is 3.04. The van der Waals surface area contributed by atoms with Gasteiger partial charge in [-0.25, -0.2) is 4.79 Å². The Kier molecular flexibility index (Phi) is 6.97. The highest BCUT2D eigenvalue weighted by Gasteiger charge is 2.15. The Balaban J connectivity index is 2.06. The molecule has 0 atom stereocenters. The van der Waals surface area contributed by atoms with Crippen molar-refractivity contribution < 1.29 is 19.1 Å². The van der Waals surface area contributed by atoms with Crippen molar-refractivity contribution in [3.8, 4) is 5.75 Å². The second kappa shape index (κ2) is 9.20. The van der Waals surface area contributed by atoms with Crippen molar-refractivity contribution >= 4 is 29.4 Å². The van der Waals surface area contributed by atoms with Gasteiger partial charge in [0.15, 0.2) is 5.78 Å². The first-order chi connectivity index (χ1) is 12.4. The van der Waals surface area contributed by atoms with Gasteiger partial charge >= 0.3 is 5.97 Å². The first-order valence-corrected chi connectivity index (χ1v) is 9.19. The summed E-state index contributed by atoms with van der Waals surface area (Å²) in [6.45, 7) is 5.26. The van der Waals surface area contributed by atoms with E-state index < -0.39 is 5.97 Å². The normalized spacial score (nSPS) is 10.5. The zero-order valence-electron chi connectivity index (χ0n) is 14.9. The topological polar surface area (TPSA) is 72.5 Å². The van der Waals surface area contributed by atoms with Gasteiger partial charge in [-0.2, -0.15) is 0 Å². The molecule has 0 saturated carbocycles. The van der Waals surface area contributed by atoms with E-state index in [2.05, 4.69) is 5.32 Å². The summed E-state index contributed by atoms with van der Waals surface area (Å²) in [7, 11) is 0. The summed E-state index contributed by atoms with van der Waals surface area (Å²) >= 11 is 1.28. The van der Waals surface area contributed by atoms with E-state index in [1.807, 2.05) is 13.8 Å². The van der Waals surface area contributed by atoms with Gasteiger partial charge in [-0.15, -0.1) is 11.8 Å². The van der Waals surface area contributed by atoms with Crippen molar-refractivity contribution in [3.63, 3.8) is 0 Å². The molecule has 0 aromatic heterocycles. The minimum Gasteiger partial charge on any atom is -0.423 e. The molecule has 2 aromatic carbocycles. The molecule has 1 N–H and O–H groups in total. The molecule has 0 fully saturated rings. The lowest BCUT2D eigenvalue weighted by Crippen LogP contribution is -2.31. The van der Waals surface area contributed by atoms with Gasteiger partial charge in [0, 0.05) is 16.5 Å². The van der Waals surface area contributed by atoms with Gasteiger partial charge < -0.3 is 10.1 Å². The number of rotatable bonds is 7. The van der Waals surface area contributed by atoms with Gasteiger partial charge in [0.1, 0.15) is 5.75 Å². The van der Waals surface area contributed by atoms with Crippen molar-refractivity contribution in [2.24, 2.45) is 0 Å². The summed E-state index contributed by atoms with van der Waals surface area (Å²) < 4.78 is 5.38. The number of ether oxygens (including phenoxy) is 1. The molecule has 0 aliphatic carbocycles. The van der Waals surface area contributed by atoms with Crippen LogP contribution in [0.2, 0.25) is 0 Å². The van der Waals surface area contributed by atoms with E-state index in [0.717, 1.165) is 0 Å². The van der Waals surface area contributed by atoms with Crippen LogP contribution in [-0.2, 0) is 4.79 Å². The Morgan fingerprint density at radius 3 is 2.31 bits per heavy atom. The zero-order chi connectivity index (χ0) is 19.1. The van der Waals surface area contributed by atoms with Crippen LogP contribution >= 0.6 is 11.8 Å². The second-order valence-corrected chi connectivity index (χ2v) is 6.99. The number of hydrogen-bond donors (Lipinski definition) is 1. The maximum absolute atomic E-state index is 12.5. The molecule has 0 heterocycles. The van der Waals surface area contributed by atoms with Gasteiger partial charge in [0.2, 0.25) is 5.91 Å². The molecule has 5 nitrogen and oxygen atoms in total. The van der Waals surface area contributed by atoms with E-state index in [4.69, 9.17) is 4.74 Å². The van der Waals surface area contributed by atoms with E-state index in [0.29, 0.717) is 21.8 Å². The molecule has 0 aliphatic heterocycles. The number of Topliss-reactive ketones (excluding diaryl/α,β-unsaturated/α-hetero) is 1. The van der Waals surface area contributed by atoms with Crippen LogP contribution < -0.4 is 10.1 Å². The van der Waals surface area contributed by atoms with E-state index in [9.17, 15) is 14.4 Å². The minimum absolute atomic E-state index is 0.0516. The number of ketones is 1. The molecule has 2 aromatic rings. The highest BCUT2D eigenvalue weighted by atomic mass is 32.2. The van der Waals surface area contributed by atoms with Crippen molar-refractivity contribution in [2.75, 3.05) is 5.75 Å². The largest absolute Gasteiger partial charge is 0.423 e. The van der Waals surface area contributed by atoms with Crippen molar-refractivity contribution in [1.29, 1.82) is 0 Å². The third-order valence-electron chi connectivity index (χ3n) is 3.39. The monoisotopic (exact) mass is 371 g/mol. The Morgan fingerprint density at radius 2 is 1.69 bits per heavy atom. The molecular formula is C20H21NO4S. The molecule has 0 unspecified atom stereocenters. The maximum Gasteiger partial charge on any atom is 0.344 e. The van der Waals surface area contributed by atoms with E-state index in [-0.39, 0.29) is 23.5 Å². The highest BCUT2D eigenvalue weighted by Crippen LogP contribution is 2.24. The second-order valence-electron chi connectivity index (χ2n) is 5.98. The molecular weight excluding hydrogens is 350 g/mol. The summed E-state index contributed by atoms with van der Waals surface area (Å²) in [5.74, 6) is -0.0712. The molecule has 136 valence electrons. The summed E-state index contributed by atoms with van der Waals surface area (Å²) in [5.41, 5.74) is 0.947. The van der Waals surface area contributed by atoms with E-state index in [1.54, 1.807) is 48.5 Å². The third-order valence-corrected chi connectivity index (χ3v) is 4.46. The van der Waals surface area contributed by atoms with Crippen LogP contribution in [-0.4, -0.2) is 29.5 Å². The Bertz CT molecular complexity index is 800. The summed E-state index contributed by atoms with van der Waals surface area (Å²) in [6.07, 6.45) is 0. The summed E-state index contributed by atoms with van der Waals surface area (Å²) in [5, 5.41) is 2.81. The number of nitrogens with one attached hydrogen (secondary N) is 1. The molecule has 0 radical (unpaired) electrons. The van der Waals surface area contributed by atoms with Gasteiger partial charge in [-0.3, -0.25) is 9.59 Å². The lowest BCUT2D eigenvalue weighted by atomic mass is 10.1. The standard InChI is InChI=1S/C20H21NO4S/c1-13(2)21-19(23)12-26-18-7-5-4-6-17(18)20(24)25-16-10-8-15(9-11-16)14(3)22/h4-11,13H,12H2,1-3H3,(H,21,23). The smallest absolute Gasteiger partial charge is 0.344 e. The SMILES string of the molecule is CC(=O)c1ccc(OC(=O)c2ccccc2SCC(=O)NC(C)C)cc1. The van der Waals surface area contributed by atoms with Crippen LogP contribution in [0.25, 0.3) is 0 Å². The lowest BCUT2D eigenvalue weighted by Gasteiger charge is -2.11. The maximum atomic E-state index is 12.5. The molecule has 0 bridgehead atoms. The van der Waals surface area contributed by atoms with E-state index in [1.165, 1.54) is 18.7 Å². The zero-order valence-corrected chi connectivity index (χ0v) is 15.8. The number of benzene rings is 2. The average Bonchev–Trinajstić information content (AvgIpc) is 2.60. The van der Waals surface area contributed by atoms with Crippen LogP contribution in [0, 0.1) is 0 Å². The number of carbonyl (C=O) groups is 3. The van der Waals surface area contributed by atoms with Crippen molar-refractivity contribution in [3.05, 3.63) is 59.7 Å². The van der Waals surface area contributed by atoms with Crippen LogP contribution in [0.5, 0.6) is 5.75 Å². The van der Waals surface area contributed by atoms with Gasteiger partial charge in [-0.05, 0) is 57.2 Å². The lowest BCUT2D eigenvalue weighted by molar-refractivity contribution is -0.119. The van der Waals surface area contributed by atoms with Gasteiger partial charge in [0.05, 0.1) is 11.3 Å². The van der Waals surface area contributed by atoms with Gasteiger partial charge in [0.25, 0.3) is 0 Å². The Morgan fingerprint density at radius 1 is 1.04 bits per heavy atom. The first-order valence-electron chi connectivity index (χ1n) is 8.21. The molecule has 2 rings (SSSR count). The van der Waals surface area contributed by atoms with Crippen LogP contribution in [0.4, 0.5) is 0 Å². The number of amides is 1. The minimum atomic E-state index is -0.507. The highest BCUT2D eigenvalue weighted by molar-refractivity contribution is 8.00. The molecule has 1 amide bonds. The average molecular weight is 371 g/mol. The van der Waals surface area contributed by atoms with E-state index >= 15 is 0 Å². The van der Waals surface area contributed by atoms with Crippen LogP contribution in [0.3, 0.4) is 0 Å². The Labute approximate surface area is 157 Å². The number of carbonyl (C=O) groups excluding carboxylic acids is 3. The number of hydrogen-bond acceptors (Lipinski definition) is 5. The molecule has 26 heavy (non-hydrogen) atoms. The van der Waals surface area contributed by atoms with Crippen molar-refractivity contribution in [2.45, 2.75) is 31.7 Å².